The lowest BCUT2D eigenvalue weighted by Gasteiger charge is -2.15. The highest BCUT2D eigenvalue weighted by Gasteiger charge is 2.12. The van der Waals surface area contributed by atoms with Crippen LogP contribution in [0.1, 0.15) is 23.2 Å². The summed E-state index contributed by atoms with van der Waals surface area (Å²) in [6.45, 7) is 5.28. The molecule has 0 bridgehead atoms. The van der Waals surface area contributed by atoms with Crippen LogP contribution in [-0.4, -0.2) is 22.2 Å². The SMILES string of the molecule is Cc1ccc(C)c(OCCn2c(CCC(=O)O)ccc2-c2ccccc2)c1. The van der Waals surface area contributed by atoms with Gasteiger partial charge in [-0.2, -0.15) is 0 Å². The van der Waals surface area contributed by atoms with E-state index in [9.17, 15) is 4.79 Å². The fourth-order valence-corrected chi connectivity index (χ4v) is 3.20. The normalized spacial score (nSPS) is 10.7. The molecule has 0 unspecified atom stereocenters. The number of benzene rings is 2. The van der Waals surface area contributed by atoms with Gasteiger partial charge in [-0.25, -0.2) is 0 Å². The minimum absolute atomic E-state index is 0.121. The molecule has 0 saturated carbocycles. The Kier molecular flexibility index (Phi) is 5.97. The van der Waals surface area contributed by atoms with E-state index in [0.717, 1.165) is 28.3 Å². The first kappa shape index (κ1) is 18.8. The Bertz CT molecular complexity index is 913. The first-order valence-electron chi connectivity index (χ1n) is 9.20. The molecule has 3 rings (SSSR count). The van der Waals surface area contributed by atoms with Crippen molar-refractivity contribution in [3.05, 3.63) is 77.5 Å². The first-order valence-corrected chi connectivity index (χ1v) is 9.20. The van der Waals surface area contributed by atoms with Gasteiger partial charge >= 0.3 is 5.97 Å². The second kappa shape index (κ2) is 8.58. The fourth-order valence-electron chi connectivity index (χ4n) is 3.20. The van der Waals surface area contributed by atoms with Gasteiger partial charge in [-0.15, -0.1) is 0 Å². The van der Waals surface area contributed by atoms with Crippen LogP contribution in [-0.2, 0) is 17.8 Å². The third-order valence-electron chi connectivity index (χ3n) is 4.65. The number of aromatic nitrogens is 1. The van der Waals surface area contributed by atoms with E-state index < -0.39 is 5.97 Å². The average molecular weight is 363 g/mol. The molecule has 1 heterocycles. The van der Waals surface area contributed by atoms with Gasteiger partial charge < -0.3 is 14.4 Å². The van der Waals surface area contributed by atoms with Crippen molar-refractivity contribution in [2.24, 2.45) is 0 Å². The predicted octanol–water partition coefficient (Wildman–Crippen LogP) is 4.87. The van der Waals surface area contributed by atoms with Crippen molar-refractivity contribution >= 4 is 5.97 Å². The highest BCUT2D eigenvalue weighted by molar-refractivity contribution is 5.67. The summed E-state index contributed by atoms with van der Waals surface area (Å²) in [4.78, 5) is 11.0. The van der Waals surface area contributed by atoms with Gasteiger partial charge in [0.2, 0.25) is 0 Å². The second-order valence-electron chi connectivity index (χ2n) is 6.74. The van der Waals surface area contributed by atoms with Crippen LogP contribution in [0, 0.1) is 13.8 Å². The van der Waals surface area contributed by atoms with Crippen LogP contribution in [0.4, 0.5) is 0 Å². The van der Waals surface area contributed by atoms with E-state index in [1.54, 1.807) is 0 Å². The van der Waals surface area contributed by atoms with E-state index in [2.05, 4.69) is 47.9 Å². The molecule has 3 aromatic rings. The number of aryl methyl sites for hydroxylation is 3. The Labute approximate surface area is 160 Å². The molecule has 4 heteroatoms. The minimum Gasteiger partial charge on any atom is -0.491 e. The molecule has 0 radical (unpaired) electrons. The van der Waals surface area contributed by atoms with Crippen LogP contribution < -0.4 is 4.74 Å². The van der Waals surface area contributed by atoms with Gasteiger partial charge in [-0.05, 0) is 55.2 Å². The van der Waals surface area contributed by atoms with E-state index in [0.29, 0.717) is 19.6 Å². The number of nitrogens with zero attached hydrogens (tertiary/aromatic N) is 1. The molecule has 0 atom stereocenters. The zero-order valence-electron chi connectivity index (χ0n) is 15.8. The topological polar surface area (TPSA) is 51.5 Å². The number of rotatable bonds is 8. The quantitative estimate of drug-likeness (QED) is 0.621. The van der Waals surface area contributed by atoms with Gasteiger partial charge in [0.1, 0.15) is 12.4 Å². The predicted molar refractivity (Wildman–Crippen MR) is 107 cm³/mol. The second-order valence-corrected chi connectivity index (χ2v) is 6.74. The maximum absolute atomic E-state index is 11.0. The third kappa shape index (κ3) is 4.79. The lowest BCUT2D eigenvalue weighted by atomic mass is 10.1. The van der Waals surface area contributed by atoms with Crippen molar-refractivity contribution in [3.63, 3.8) is 0 Å². The van der Waals surface area contributed by atoms with E-state index in [-0.39, 0.29) is 6.42 Å². The summed E-state index contributed by atoms with van der Waals surface area (Å²) in [5.74, 6) is 0.117. The van der Waals surface area contributed by atoms with Crippen molar-refractivity contribution in [1.82, 2.24) is 4.57 Å². The molecule has 0 saturated heterocycles. The molecule has 0 aliphatic heterocycles. The third-order valence-corrected chi connectivity index (χ3v) is 4.65. The summed E-state index contributed by atoms with van der Waals surface area (Å²) < 4.78 is 8.20. The molecule has 1 aromatic heterocycles. The molecular formula is C23H25NO3. The van der Waals surface area contributed by atoms with Gasteiger partial charge in [-0.1, -0.05) is 42.5 Å². The van der Waals surface area contributed by atoms with Crippen molar-refractivity contribution in [2.45, 2.75) is 33.2 Å². The summed E-state index contributed by atoms with van der Waals surface area (Å²) in [7, 11) is 0. The number of ether oxygens (including phenoxy) is 1. The maximum atomic E-state index is 11.0. The van der Waals surface area contributed by atoms with E-state index in [4.69, 9.17) is 9.84 Å². The Balaban J connectivity index is 1.80. The van der Waals surface area contributed by atoms with E-state index in [1.807, 2.05) is 31.2 Å². The molecule has 4 nitrogen and oxygen atoms in total. The standard InChI is InChI=1S/C23H25NO3/c1-17-8-9-18(2)22(16-17)27-15-14-24-20(11-13-23(25)26)10-12-21(24)19-6-4-3-5-7-19/h3-10,12,16H,11,13-15H2,1-2H3,(H,25,26). The molecule has 0 amide bonds. The zero-order chi connectivity index (χ0) is 19.2. The molecule has 0 spiro atoms. The van der Waals surface area contributed by atoms with Gasteiger partial charge in [0, 0.05) is 11.4 Å². The number of carbonyl (C=O) groups is 1. The Morgan fingerprint density at radius 1 is 1.04 bits per heavy atom. The number of carboxylic acid groups (broad SMARTS) is 1. The van der Waals surface area contributed by atoms with Gasteiger partial charge in [0.15, 0.2) is 0 Å². The lowest BCUT2D eigenvalue weighted by Crippen LogP contribution is -2.13. The summed E-state index contributed by atoms with van der Waals surface area (Å²) in [5.41, 5.74) is 5.50. The van der Waals surface area contributed by atoms with Crippen LogP contribution in [0.3, 0.4) is 0 Å². The molecule has 1 N–H and O–H groups in total. The highest BCUT2D eigenvalue weighted by atomic mass is 16.5. The monoisotopic (exact) mass is 363 g/mol. The van der Waals surface area contributed by atoms with Crippen LogP contribution >= 0.6 is 0 Å². The first-order chi connectivity index (χ1) is 13.0. The molecule has 0 aliphatic carbocycles. The van der Waals surface area contributed by atoms with Gasteiger partial charge in [0.05, 0.1) is 13.0 Å². The molecule has 0 fully saturated rings. The van der Waals surface area contributed by atoms with Crippen LogP contribution in [0.15, 0.2) is 60.7 Å². The average Bonchev–Trinajstić information content (AvgIpc) is 3.06. The summed E-state index contributed by atoms with van der Waals surface area (Å²) in [6, 6.07) is 20.4. The lowest BCUT2D eigenvalue weighted by molar-refractivity contribution is -0.136. The molecule has 2 aromatic carbocycles. The van der Waals surface area contributed by atoms with Crippen molar-refractivity contribution in [2.75, 3.05) is 6.61 Å². The summed E-state index contributed by atoms with van der Waals surface area (Å²) in [5, 5.41) is 9.04. The maximum Gasteiger partial charge on any atom is 0.303 e. The molecule has 27 heavy (non-hydrogen) atoms. The number of hydrogen-bond acceptors (Lipinski definition) is 2. The van der Waals surface area contributed by atoms with Crippen LogP contribution in [0.2, 0.25) is 0 Å². The largest absolute Gasteiger partial charge is 0.491 e. The number of carboxylic acids is 1. The smallest absolute Gasteiger partial charge is 0.303 e. The Morgan fingerprint density at radius 2 is 1.81 bits per heavy atom. The number of hydrogen-bond donors (Lipinski definition) is 1. The molecular weight excluding hydrogens is 338 g/mol. The highest BCUT2D eigenvalue weighted by Crippen LogP contribution is 2.24. The van der Waals surface area contributed by atoms with Crippen LogP contribution in [0.5, 0.6) is 5.75 Å². The Hall–Kier alpha value is -3.01. The van der Waals surface area contributed by atoms with Crippen molar-refractivity contribution in [1.29, 1.82) is 0 Å². The fraction of sp³-hybridized carbons (Fsp3) is 0.261. The Morgan fingerprint density at radius 3 is 2.56 bits per heavy atom. The zero-order valence-corrected chi connectivity index (χ0v) is 15.8. The van der Waals surface area contributed by atoms with Crippen molar-refractivity contribution in [3.8, 4) is 17.0 Å². The molecule has 140 valence electrons. The summed E-state index contributed by atoms with van der Waals surface area (Å²) >= 11 is 0. The van der Waals surface area contributed by atoms with E-state index >= 15 is 0 Å². The van der Waals surface area contributed by atoms with Gasteiger partial charge in [-0.3, -0.25) is 4.79 Å². The van der Waals surface area contributed by atoms with Gasteiger partial charge in [0.25, 0.3) is 0 Å². The molecule has 0 aliphatic rings. The summed E-state index contributed by atoms with van der Waals surface area (Å²) in [6.07, 6.45) is 0.627. The van der Waals surface area contributed by atoms with Crippen molar-refractivity contribution < 1.29 is 14.6 Å². The van der Waals surface area contributed by atoms with E-state index in [1.165, 1.54) is 5.56 Å². The minimum atomic E-state index is -0.782. The van der Waals surface area contributed by atoms with Crippen LogP contribution in [0.25, 0.3) is 11.3 Å². The number of aliphatic carboxylic acids is 1.